The van der Waals surface area contributed by atoms with Crippen LogP contribution in [0, 0.1) is 11.3 Å². The summed E-state index contributed by atoms with van der Waals surface area (Å²) in [4.78, 5) is 45.2. The lowest BCUT2D eigenvalue weighted by molar-refractivity contribution is -0.140. The Morgan fingerprint density at radius 2 is 1.78 bits per heavy atom. The van der Waals surface area contributed by atoms with E-state index in [0.29, 0.717) is 50.7 Å². The van der Waals surface area contributed by atoms with Gasteiger partial charge in [-0.05, 0) is 54.9 Å². The summed E-state index contributed by atoms with van der Waals surface area (Å²) in [6.45, 7) is 10.4. The molecule has 2 aliphatic heterocycles. The van der Waals surface area contributed by atoms with Gasteiger partial charge in [-0.2, -0.15) is 0 Å². The zero-order valence-electron chi connectivity index (χ0n) is 22.5. The molecule has 0 radical (unpaired) electrons. The minimum absolute atomic E-state index is 0.0163. The average molecular weight is 509 g/mol. The van der Waals surface area contributed by atoms with E-state index in [-0.39, 0.29) is 36.2 Å². The van der Waals surface area contributed by atoms with Crippen molar-refractivity contribution >= 4 is 23.4 Å². The van der Waals surface area contributed by atoms with Gasteiger partial charge >= 0.3 is 0 Å². The first-order valence-electron chi connectivity index (χ1n) is 13.3. The van der Waals surface area contributed by atoms with Crippen molar-refractivity contribution in [2.45, 2.75) is 65.5 Å². The van der Waals surface area contributed by atoms with Crippen LogP contribution in [0.5, 0.6) is 0 Å². The van der Waals surface area contributed by atoms with Crippen LogP contribution in [0.15, 0.2) is 53.1 Å². The molecular weight excluding hydrogens is 468 g/mol. The number of hydrogen-bond acceptors (Lipinski definition) is 5. The van der Waals surface area contributed by atoms with Gasteiger partial charge < -0.3 is 24.4 Å². The number of nitrogens with zero attached hydrogens (tertiary/aromatic N) is 3. The minimum Gasteiger partial charge on any atom is -0.467 e. The number of furan rings is 1. The summed E-state index contributed by atoms with van der Waals surface area (Å²) in [6.07, 6.45) is 4.18. The SMILES string of the molecule is C[C@H](CC(=O)N1CCC2(CC1)C(=O)N(CC(=O)NCc1ccco1)CN2c1ccccc1)CC(C)(C)C. The summed E-state index contributed by atoms with van der Waals surface area (Å²) in [7, 11) is 0. The van der Waals surface area contributed by atoms with E-state index in [1.807, 2.05) is 35.2 Å². The Morgan fingerprint density at radius 3 is 2.41 bits per heavy atom. The molecule has 37 heavy (non-hydrogen) atoms. The molecule has 3 amide bonds. The van der Waals surface area contributed by atoms with Gasteiger partial charge in [0.2, 0.25) is 11.8 Å². The first-order chi connectivity index (χ1) is 17.6. The van der Waals surface area contributed by atoms with Gasteiger partial charge in [-0.3, -0.25) is 14.4 Å². The average Bonchev–Trinajstić information content (AvgIpc) is 3.46. The van der Waals surface area contributed by atoms with E-state index in [4.69, 9.17) is 4.42 Å². The van der Waals surface area contributed by atoms with Crippen LogP contribution in [0.25, 0.3) is 0 Å². The molecule has 1 N–H and O–H groups in total. The third-order valence-electron chi connectivity index (χ3n) is 7.38. The molecule has 3 heterocycles. The molecule has 0 saturated carbocycles. The lowest BCUT2D eigenvalue weighted by Gasteiger charge is -2.43. The number of para-hydroxylation sites is 1. The van der Waals surface area contributed by atoms with Crippen LogP contribution in [0.1, 0.15) is 59.1 Å². The molecule has 2 aliphatic rings. The molecule has 8 heteroatoms. The smallest absolute Gasteiger partial charge is 0.250 e. The van der Waals surface area contributed by atoms with Crippen molar-refractivity contribution in [3.63, 3.8) is 0 Å². The maximum absolute atomic E-state index is 13.8. The first kappa shape index (κ1) is 26.8. The van der Waals surface area contributed by atoms with Gasteiger partial charge in [0.25, 0.3) is 5.91 Å². The van der Waals surface area contributed by atoms with Gasteiger partial charge in [-0.1, -0.05) is 45.9 Å². The van der Waals surface area contributed by atoms with Crippen molar-refractivity contribution < 1.29 is 18.8 Å². The Morgan fingerprint density at radius 1 is 1.08 bits per heavy atom. The Bertz CT molecular complexity index is 1070. The molecule has 8 nitrogen and oxygen atoms in total. The van der Waals surface area contributed by atoms with Crippen molar-refractivity contribution in [1.29, 1.82) is 0 Å². The fourth-order valence-electron chi connectivity index (χ4n) is 5.82. The van der Waals surface area contributed by atoms with E-state index in [9.17, 15) is 14.4 Å². The molecule has 0 unspecified atom stereocenters. The van der Waals surface area contributed by atoms with E-state index < -0.39 is 5.54 Å². The van der Waals surface area contributed by atoms with Gasteiger partial charge in [-0.15, -0.1) is 0 Å². The quantitative estimate of drug-likeness (QED) is 0.582. The molecule has 2 fully saturated rings. The Labute approximate surface area is 220 Å². The highest BCUT2D eigenvalue weighted by atomic mass is 16.3. The fraction of sp³-hybridized carbons (Fsp3) is 0.552. The van der Waals surface area contributed by atoms with Crippen LogP contribution >= 0.6 is 0 Å². The molecule has 1 aromatic heterocycles. The summed E-state index contributed by atoms with van der Waals surface area (Å²) in [5.74, 6) is 0.871. The maximum atomic E-state index is 13.8. The third kappa shape index (κ3) is 6.35. The Balaban J connectivity index is 1.43. The van der Waals surface area contributed by atoms with Gasteiger partial charge in [0, 0.05) is 25.2 Å². The molecule has 4 rings (SSSR count). The second-order valence-electron chi connectivity index (χ2n) is 11.8. The van der Waals surface area contributed by atoms with E-state index in [1.54, 1.807) is 23.3 Å². The van der Waals surface area contributed by atoms with E-state index in [2.05, 4.69) is 37.9 Å². The summed E-state index contributed by atoms with van der Waals surface area (Å²) in [5, 5.41) is 2.84. The standard InChI is InChI=1S/C29H40N4O4/c1-22(18-28(2,3)4)17-26(35)31-14-12-29(13-15-31)27(36)32(21-33(29)23-9-6-5-7-10-23)20-25(34)30-19-24-11-8-16-37-24/h5-11,16,22H,12-15,17-21H2,1-4H3,(H,30,34)/t22-/m1/s1. The number of benzene rings is 1. The maximum Gasteiger partial charge on any atom is 0.250 e. The number of piperidine rings is 1. The number of amides is 3. The second kappa shape index (κ2) is 11.0. The monoisotopic (exact) mass is 508 g/mol. The highest BCUT2D eigenvalue weighted by Crippen LogP contribution is 2.39. The van der Waals surface area contributed by atoms with Crippen LogP contribution in [-0.2, 0) is 20.9 Å². The minimum atomic E-state index is -0.754. The molecular formula is C29H40N4O4. The molecule has 0 bridgehead atoms. The third-order valence-corrected chi connectivity index (χ3v) is 7.38. The first-order valence-corrected chi connectivity index (χ1v) is 13.3. The van der Waals surface area contributed by atoms with Crippen molar-refractivity contribution in [3.05, 3.63) is 54.5 Å². The largest absolute Gasteiger partial charge is 0.467 e. The summed E-state index contributed by atoms with van der Waals surface area (Å²) >= 11 is 0. The summed E-state index contributed by atoms with van der Waals surface area (Å²) in [6, 6.07) is 13.4. The van der Waals surface area contributed by atoms with Gasteiger partial charge in [-0.25, -0.2) is 0 Å². The normalized spacial score (nSPS) is 18.4. The lowest BCUT2D eigenvalue weighted by atomic mass is 9.83. The molecule has 200 valence electrons. The van der Waals surface area contributed by atoms with Crippen LogP contribution in [0.4, 0.5) is 5.69 Å². The molecule has 1 spiro atoms. The number of nitrogens with one attached hydrogen (secondary N) is 1. The van der Waals surface area contributed by atoms with E-state index in [0.717, 1.165) is 12.1 Å². The number of anilines is 1. The second-order valence-corrected chi connectivity index (χ2v) is 11.8. The van der Waals surface area contributed by atoms with Crippen molar-refractivity contribution in [2.24, 2.45) is 11.3 Å². The molecule has 1 aromatic carbocycles. The summed E-state index contributed by atoms with van der Waals surface area (Å²) in [5.41, 5.74) is 0.385. The highest BCUT2D eigenvalue weighted by Gasteiger charge is 2.54. The molecule has 2 saturated heterocycles. The molecule has 2 aromatic rings. The number of hydrogen-bond donors (Lipinski definition) is 1. The van der Waals surface area contributed by atoms with Crippen LogP contribution in [0.3, 0.4) is 0 Å². The van der Waals surface area contributed by atoms with Crippen LogP contribution < -0.4 is 10.2 Å². The van der Waals surface area contributed by atoms with Crippen molar-refractivity contribution in [3.8, 4) is 0 Å². The van der Waals surface area contributed by atoms with Crippen LogP contribution in [0.2, 0.25) is 0 Å². The topological polar surface area (TPSA) is 86.1 Å². The zero-order chi connectivity index (χ0) is 26.6. The van der Waals surface area contributed by atoms with Gasteiger partial charge in [0.1, 0.15) is 17.8 Å². The highest BCUT2D eigenvalue weighted by molar-refractivity contribution is 5.96. The summed E-state index contributed by atoms with van der Waals surface area (Å²) < 4.78 is 5.28. The number of rotatable bonds is 8. The number of likely N-dealkylation sites (tertiary alicyclic amines) is 1. The predicted molar refractivity (Wildman–Crippen MR) is 142 cm³/mol. The number of carbonyl (C=O) groups excluding carboxylic acids is 3. The predicted octanol–water partition coefficient (Wildman–Crippen LogP) is 4.03. The van der Waals surface area contributed by atoms with Gasteiger partial charge in [0.05, 0.1) is 19.5 Å². The van der Waals surface area contributed by atoms with Gasteiger partial charge in [0.15, 0.2) is 0 Å². The van der Waals surface area contributed by atoms with Crippen molar-refractivity contribution in [2.75, 3.05) is 31.2 Å². The number of carbonyl (C=O) groups is 3. The van der Waals surface area contributed by atoms with E-state index in [1.165, 1.54) is 0 Å². The Hall–Kier alpha value is -3.29. The lowest BCUT2D eigenvalue weighted by Crippen LogP contribution is -2.57. The van der Waals surface area contributed by atoms with E-state index >= 15 is 0 Å². The fourth-order valence-corrected chi connectivity index (χ4v) is 5.82. The zero-order valence-corrected chi connectivity index (χ0v) is 22.5. The van der Waals surface area contributed by atoms with Crippen molar-refractivity contribution in [1.82, 2.24) is 15.1 Å². The van der Waals surface area contributed by atoms with Crippen LogP contribution in [-0.4, -0.2) is 59.4 Å². The molecule has 0 aliphatic carbocycles. The molecule has 1 atom stereocenters. The Kier molecular flexibility index (Phi) is 7.95.